The van der Waals surface area contributed by atoms with Crippen molar-refractivity contribution in [3.8, 4) is 0 Å². The molecule has 1 saturated heterocycles. The minimum Gasteiger partial charge on any atom is -0.479 e. The Morgan fingerprint density at radius 3 is 3.00 bits per heavy atom. The number of nitrogens with one attached hydrogen (secondary N) is 1. The number of aliphatic carboxylic acids is 1. The molecule has 2 unspecified atom stereocenters. The topological polar surface area (TPSA) is 58.6 Å². The summed E-state index contributed by atoms with van der Waals surface area (Å²) < 4.78 is 5.41. The molecule has 2 atom stereocenters. The van der Waals surface area contributed by atoms with Crippen LogP contribution < -0.4 is 5.32 Å². The van der Waals surface area contributed by atoms with Gasteiger partial charge in [-0.3, -0.25) is 0 Å². The van der Waals surface area contributed by atoms with Gasteiger partial charge in [0.05, 0.1) is 16.8 Å². The van der Waals surface area contributed by atoms with Gasteiger partial charge in [-0.2, -0.15) is 0 Å². The maximum Gasteiger partial charge on any atom is 0.332 e. The summed E-state index contributed by atoms with van der Waals surface area (Å²) in [4.78, 5) is 10.8. The Hall–Kier alpha value is -1.26. The van der Waals surface area contributed by atoms with Crippen LogP contribution in [0, 0.1) is 6.92 Å². The molecular formula is C13H16ClNO3. The predicted molar refractivity (Wildman–Crippen MR) is 70.2 cm³/mol. The van der Waals surface area contributed by atoms with E-state index < -0.39 is 12.1 Å². The molecular weight excluding hydrogens is 254 g/mol. The summed E-state index contributed by atoms with van der Waals surface area (Å²) in [5.74, 6) is -0.883. The smallest absolute Gasteiger partial charge is 0.332 e. The van der Waals surface area contributed by atoms with Crippen molar-refractivity contribution >= 4 is 23.3 Å². The summed E-state index contributed by atoms with van der Waals surface area (Å²) in [5, 5.41) is 12.7. The number of aryl methyl sites for hydroxylation is 1. The summed E-state index contributed by atoms with van der Waals surface area (Å²) in [5.41, 5.74) is 1.87. The van der Waals surface area contributed by atoms with Crippen LogP contribution in [0.4, 0.5) is 5.69 Å². The number of ether oxygens (including phenoxy) is 1. The zero-order valence-electron chi connectivity index (χ0n) is 10.1. The van der Waals surface area contributed by atoms with Gasteiger partial charge >= 0.3 is 5.97 Å². The molecule has 1 fully saturated rings. The predicted octanol–water partition coefficient (Wildman–Crippen LogP) is 2.69. The Kier molecular flexibility index (Phi) is 4.09. The maximum atomic E-state index is 10.8. The van der Waals surface area contributed by atoms with E-state index in [1.165, 1.54) is 0 Å². The van der Waals surface area contributed by atoms with Gasteiger partial charge in [0.25, 0.3) is 0 Å². The summed E-state index contributed by atoms with van der Waals surface area (Å²) in [7, 11) is 0. The van der Waals surface area contributed by atoms with Crippen molar-refractivity contribution in [3.05, 3.63) is 28.8 Å². The van der Waals surface area contributed by atoms with Gasteiger partial charge in [-0.1, -0.05) is 23.7 Å². The quantitative estimate of drug-likeness (QED) is 0.882. The van der Waals surface area contributed by atoms with Gasteiger partial charge in [0.15, 0.2) is 6.10 Å². The van der Waals surface area contributed by atoms with Crippen LogP contribution in [0.2, 0.25) is 5.02 Å². The molecule has 4 nitrogen and oxygen atoms in total. The first-order valence-corrected chi connectivity index (χ1v) is 6.33. The summed E-state index contributed by atoms with van der Waals surface area (Å²) in [6.07, 6.45) is 0.601. The van der Waals surface area contributed by atoms with E-state index in [1.807, 2.05) is 25.1 Å². The van der Waals surface area contributed by atoms with E-state index in [1.54, 1.807) is 0 Å². The number of hydrogen-bond donors (Lipinski definition) is 2. The van der Waals surface area contributed by atoms with Gasteiger partial charge in [-0.05, 0) is 31.4 Å². The van der Waals surface area contributed by atoms with Crippen molar-refractivity contribution < 1.29 is 14.6 Å². The molecule has 1 heterocycles. The maximum absolute atomic E-state index is 10.8. The average Bonchev–Trinajstić information content (AvgIpc) is 2.80. The van der Waals surface area contributed by atoms with Crippen LogP contribution in [0.5, 0.6) is 0 Å². The molecule has 0 aliphatic carbocycles. The van der Waals surface area contributed by atoms with Gasteiger partial charge in [-0.15, -0.1) is 0 Å². The van der Waals surface area contributed by atoms with E-state index >= 15 is 0 Å². The monoisotopic (exact) mass is 269 g/mol. The Morgan fingerprint density at radius 1 is 1.56 bits per heavy atom. The Morgan fingerprint density at radius 2 is 2.33 bits per heavy atom. The SMILES string of the molecule is Cc1cccc(NCC2CCC(C(=O)O)O2)c1Cl. The number of anilines is 1. The number of carboxylic acids is 1. The van der Waals surface area contributed by atoms with Gasteiger partial charge in [0.1, 0.15) is 0 Å². The molecule has 98 valence electrons. The molecule has 5 heteroatoms. The van der Waals surface area contributed by atoms with E-state index in [4.69, 9.17) is 21.4 Å². The third kappa shape index (κ3) is 2.94. The van der Waals surface area contributed by atoms with Crippen molar-refractivity contribution in [2.24, 2.45) is 0 Å². The van der Waals surface area contributed by atoms with E-state index in [2.05, 4.69) is 5.32 Å². The molecule has 18 heavy (non-hydrogen) atoms. The summed E-state index contributed by atoms with van der Waals surface area (Å²) >= 11 is 6.16. The highest BCUT2D eigenvalue weighted by molar-refractivity contribution is 6.33. The number of halogens is 1. The highest BCUT2D eigenvalue weighted by Gasteiger charge is 2.30. The van der Waals surface area contributed by atoms with Crippen LogP contribution in [-0.4, -0.2) is 29.8 Å². The summed E-state index contributed by atoms with van der Waals surface area (Å²) in [6.45, 7) is 2.52. The van der Waals surface area contributed by atoms with Crippen molar-refractivity contribution in [2.75, 3.05) is 11.9 Å². The van der Waals surface area contributed by atoms with Crippen molar-refractivity contribution in [1.29, 1.82) is 0 Å². The van der Waals surface area contributed by atoms with E-state index in [0.29, 0.717) is 18.0 Å². The number of hydrogen-bond acceptors (Lipinski definition) is 3. The Balaban J connectivity index is 1.89. The number of carboxylic acid groups (broad SMARTS) is 1. The standard InChI is InChI=1S/C13H16ClNO3/c1-8-3-2-4-10(12(8)14)15-7-9-5-6-11(18-9)13(16)17/h2-4,9,11,15H,5-7H2,1H3,(H,16,17). The fourth-order valence-electron chi connectivity index (χ4n) is 2.05. The van der Waals surface area contributed by atoms with Gasteiger partial charge in [0, 0.05) is 6.54 Å². The molecule has 2 N–H and O–H groups in total. The highest BCUT2D eigenvalue weighted by atomic mass is 35.5. The number of carbonyl (C=O) groups is 1. The van der Waals surface area contributed by atoms with Crippen LogP contribution in [0.3, 0.4) is 0 Å². The number of benzene rings is 1. The van der Waals surface area contributed by atoms with Crippen LogP contribution >= 0.6 is 11.6 Å². The lowest BCUT2D eigenvalue weighted by Crippen LogP contribution is -2.24. The lowest BCUT2D eigenvalue weighted by molar-refractivity contribution is -0.149. The molecule has 0 aromatic heterocycles. The largest absolute Gasteiger partial charge is 0.479 e. The molecule has 1 aliphatic rings. The van der Waals surface area contributed by atoms with Crippen LogP contribution in [0.15, 0.2) is 18.2 Å². The molecule has 1 aromatic carbocycles. The zero-order valence-corrected chi connectivity index (χ0v) is 10.9. The Labute approximate surface area is 111 Å². The van der Waals surface area contributed by atoms with E-state index in [9.17, 15) is 4.79 Å². The van der Waals surface area contributed by atoms with Crippen LogP contribution in [0.25, 0.3) is 0 Å². The molecule has 1 aromatic rings. The average molecular weight is 270 g/mol. The molecule has 2 rings (SSSR count). The third-order valence-corrected chi connectivity index (χ3v) is 3.60. The summed E-state index contributed by atoms with van der Waals surface area (Å²) in [6, 6.07) is 5.78. The molecule has 0 bridgehead atoms. The first kappa shape index (κ1) is 13.2. The number of rotatable bonds is 4. The Bertz CT molecular complexity index is 450. The highest BCUT2D eigenvalue weighted by Crippen LogP contribution is 2.26. The molecule has 0 radical (unpaired) electrons. The molecule has 1 aliphatic heterocycles. The second kappa shape index (κ2) is 5.59. The van der Waals surface area contributed by atoms with Crippen molar-refractivity contribution in [3.63, 3.8) is 0 Å². The zero-order chi connectivity index (χ0) is 13.1. The molecule has 0 amide bonds. The van der Waals surface area contributed by atoms with Gasteiger partial charge in [0.2, 0.25) is 0 Å². The first-order valence-electron chi connectivity index (χ1n) is 5.95. The fraction of sp³-hybridized carbons (Fsp3) is 0.462. The first-order chi connectivity index (χ1) is 8.58. The van der Waals surface area contributed by atoms with Crippen molar-refractivity contribution in [2.45, 2.75) is 32.0 Å². The third-order valence-electron chi connectivity index (χ3n) is 3.09. The second-order valence-electron chi connectivity index (χ2n) is 4.48. The normalized spacial score (nSPS) is 23.0. The van der Waals surface area contributed by atoms with Crippen LogP contribution in [-0.2, 0) is 9.53 Å². The van der Waals surface area contributed by atoms with Crippen molar-refractivity contribution in [1.82, 2.24) is 0 Å². The minimum absolute atomic E-state index is 0.0670. The second-order valence-corrected chi connectivity index (χ2v) is 4.86. The minimum atomic E-state index is -0.883. The fourth-order valence-corrected chi connectivity index (χ4v) is 2.24. The van der Waals surface area contributed by atoms with Gasteiger partial charge < -0.3 is 15.2 Å². The lowest BCUT2D eigenvalue weighted by atomic mass is 10.2. The van der Waals surface area contributed by atoms with E-state index in [0.717, 1.165) is 17.7 Å². The van der Waals surface area contributed by atoms with E-state index in [-0.39, 0.29) is 6.10 Å². The lowest BCUT2D eigenvalue weighted by Gasteiger charge is -2.14. The van der Waals surface area contributed by atoms with Gasteiger partial charge in [-0.25, -0.2) is 4.79 Å². The van der Waals surface area contributed by atoms with Crippen LogP contribution in [0.1, 0.15) is 18.4 Å². The molecule has 0 saturated carbocycles. The molecule has 0 spiro atoms.